The second-order valence-electron chi connectivity index (χ2n) is 5.47. The number of carbonyl (C=O) groups excluding carboxylic acids is 2. The molecule has 2 aromatic rings. The zero-order chi connectivity index (χ0) is 16.3. The smallest absolute Gasteiger partial charge is 0.267 e. The van der Waals surface area contributed by atoms with E-state index in [0.717, 1.165) is 16.5 Å². The summed E-state index contributed by atoms with van der Waals surface area (Å²) in [4.78, 5) is 26.4. The number of nitrogens with one attached hydrogen (secondary N) is 2. The molecule has 22 heavy (non-hydrogen) atoms. The molecule has 0 fully saturated rings. The molecule has 5 heteroatoms. The highest BCUT2D eigenvalue weighted by molar-refractivity contribution is 6.01. The van der Waals surface area contributed by atoms with Crippen molar-refractivity contribution in [1.29, 1.82) is 0 Å². The number of carbonyl (C=O) groups is 2. The van der Waals surface area contributed by atoms with Gasteiger partial charge in [0.15, 0.2) is 0 Å². The summed E-state index contributed by atoms with van der Waals surface area (Å²) in [5.41, 5.74) is 2.31. The summed E-state index contributed by atoms with van der Waals surface area (Å²) in [6.45, 7) is 3.65. The average Bonchev–Trinajstić information content (AvgIpc) is 2.85. The molecule has 1 amide bonds. The SMILES string of the molecule is CCC(=O)CCCc1c(C(=O)NC)[nH]c2c(F)cc(C)cc12. The van der Waals surface area contributed by atoms with Crippen molar-refractivity contribution >= 4 is 22.6 Å². The van der Waals surface area contributed by atoms with E-state index in [2.05, 4.69) is 10.3 Å². The monoisotopic (exact) mass is 304 g/mol. The molecule has 0 bridgehead atoms. The number of hydrogen-bond donors (Lipinski definition) is 2. The zero-order valence-electron chi connectivity index (χ0n) is 13.2. The van der Waals surface area contributed by atoms with E-state index in [1.165, 1.54) is 6.07 Å². The van der Waals surface area contributed by atoms with Gasteiger partial charge < -0.3 is 10.3 Å². The molecule has 1 aromatic carbocycles. The minimum absolute atomic E-state index is 0.198. The minimum atomic E-state index is -0.365. The lowest BCUT2D eigenvalue weighted by Gasteiger charge is -2.04. The highest BCUT2D eigenvalue weighted by atomic mass is 19.1. The number of benzene rings is 1. The van der Waals surface area contributed by atoms with Crippen LogP contribution in [0.3, 0.4) is 0 Å². The Morgan fingerprint density at radius 2 is 2.05 bits per heavy atom. The number of aromatic nitrogens is 1. The van der Waals surface area contributed by atoms with Gasteiger partial charge in [0, 0.05) is 25.3 Å². The molecule has 0 atom stereocenters. The quantitative estimate of drug-likeness (QED) is 0.860. The molecule has 0 radical (unpaired) electrons. The van der Waals surface area contributed by atoms with Crippen molar-refractivity contribution in [3.63, 3.8) is 0 Å². The first kappa shape index (κ1) is 16.2. The van der Waals surface area contributed by atoms with Crippen molar-refractivity contribution in [1.82, 2.24) is 10.3 Å². The Morgan fingerprint density at radius 1 is 1.32 bits per heavy atom. The molecular weight excluding hydrogens is 283 g/mol. The fourth-order valence-corrected chi connectivity index (χ4v) is 2.66. The Morgan fingerprint density at radius 3 is 2.68 bits per heavy atom. The van der Waals surface area contributed by atoms with Crippen LogP contribution in [0.5, 0.6) is 0 Å². The van der Waals surface area contributed by atoms with Gasteiger partial charge in [0.2, 0.25) is 0 Å². The van der Waals surface area contributed by atoms with Gasteiger partial charge in [0.05, 0.1) is 5.52 Å². The molecule has 0 saturated carbocycles. The van der Waals surface area contributed by atoms with Crippen molar-refractivity contribution in [3.8, 4) is 0 Å². The average molecular weight is 304 g/mol. The molecule has 2 N–H and O–H groups in total. The summed E-state index contributed by atoms with van der Waals surface area (Å²) in [6.07, 6.45) is 2.21. The molecule has 0 spiro atoms. The number of aromatic amines is 1. The zero-order valence-corrected chi connectivity index (χ0v) is 13.2. The van der Waals surface area contributed by atoms with Crippen LogP contribution in [0.4, 0.5) is 4.39 Å². The number of Topliss-reactive ketones (excluding diaryl/α,β-unsaturated/α-hetero) is 1. The predicted molar refractivity (Wildman–Crippen MR) is 84.6 cm³/mol. The first-order chi connectivity index (χ1) is 10.5. The fraction of sp³-hybridized carbons (Fsp3) is 0.412. The molecule has 0 aliphatic rings. The lowest BCUT2D eigenvalue weighted by molar-refractivity contribution is -0.118. The van der Waals surface area contributed by atoms with Gasteiger partial charge in [-0.3, -0.25) is 9.59 Å². The van der Waals surface area contributed by atoms with Crippen LogP contribution in [-0.2, 0) is 11.2 Å². The predicted octanol–water partition coefficient (Wildman–Crippen LogP) is 3.28. The van der Waals surface area contributed by atoms with E-state index in [1.807, 2.05) is 19.9 Å². The maximum Gasteiger partial charge on any atom is 0.267 e. The second-order valence-corrected chi connectivity index (χ2v) is 5.47. The number of fused-ring (bicyclic) bond motifs is 1. The highest BCUT2D eigenvalue weighted by Crippen LogP contribution is 2.27. The van der Waals surface area contributed by atoms with Gasteiger partial charge in [-0.2, -0.15) is 0 Å². The van der Waals surface area contributed by atoms with Crippen molar-refractivity contribution in [3.05, 3.63) is 34.8 Å². The Kier molecular flexibility index (Phi) is 4.96. The Balaban J connectivity index is 2.43. The molecule has 1 heterocycles. The van der Waals surface area contributed by atoms with E-state index in [4.69, 9.17) is 0 Å². The normalized spacial score (nSPS) is 10.9. The van der Waals surface area contributed by atoms with Crippen LogP contribution in [-0.4, -0.2) is 23.7 Å². The molecular formula is C17H21FN2O2. The molecule has 0 unspecified atom stereocenters. The number of halogens is 1. The molecule has 1 aromatic heterocycles. The van der Waals surface area contributed by atoms with Crippen molar-refractivity contribution in [2.75, 3.05) is 7.05 Å². The molecule has 0 aliphatic carbocycles. The van der Waals surface area contributed by atoms with Crippen LogP contribution >= 0.6 is 0 Å². The summed E-state index contributed by atoms with van der Waals surface area (Å²) in [7, 11) is 1.54. The van der Waals surface area contributed by atoms with Crippen LogP contribution in [0.1, 0.15) is 47.8 Å². The second kappa shape index (κ2) is 6.73. The minimum Gasteiger partial charge on any atom is -0.354 e. The van der Waals surface area contributed by atoms with Gasteiger partial charge in [0.1, 0.15) is 17.3 Å². The van der Waals surface area contributed by atoms with Gasteiger partial charge in [0.25, 0.3) is 5.91 Å². The third-order valence-electron chi connectivity index (χ3n) is 3.84. The summed E-state index contributed by atoms with van der Waals surface area (Å²) < 4.78 is 14.1. The number of aryl methyl sites for hydroxylation is 2. The Labute approximate surface area is 129 Å². The largest absolute Gasteiger partial charge is 0.354 e. The Hall–Kier alpha value is -2.17. The van der Waals surface area contributed by atoms with Crippen LogP contribution < -0.4 is 5.32 Å². The Bertz CT molecular complexity index is 719. The van der Waals surface area contributed by atoms with Gasteiger partial charge in [-0.05, 0) is 43.0 Å². The molecule has 118 valence electrons. The van der Waals surface area contributed by atoms with E-state index < -0.39 is 0 Å². The van der Waals surface area contributed by atoms with E-state index in [0.29, 0.717) is 36.9 Å². The standard InChI is InChI=1S/C17H21FN2O2/c1-4-11(21)6-5-7-12-13-8-10(2)9-14(18)15(13)20-16(12)17(22)19-3/h8-9,20H,4-7H2,1-3H3,(H,19,22). The number of amides is 1. The number of rotatable bonds is 6. The number of H-pyrrole nitrogens is 1. The fourth-order valence-electron chi connectivity index (χ4n) is 2.66. The summed E-state index contributed by atoms with van der Waals surface area (Å²) in [5.74, 6) is -0.440. The van der Waals surface area contributed by atoms with Crippen LogP contribution in [0.15, 0.2) is 12.1 Å². The summed E-state index contributed by atoms with van der Waals surface area (Å²) in [6, 6.07) is 3.31. The van der Waals surface area contributed by atoms with Crippen LogP contribution in [0.25, 0.3) is 10.9 Å². The van der Waals surface area contributed by atoms with Crippen molar-refractivity contribution in [2.24, 2.45) is 0 Å². The molecule has 0 aliphatic heterocycles. The van der Waals surface area contributed by atoms with E-state index in [9.17, 15) is 14.0 Å². The lowest BCUT2D eigenvalue weighted by atomic mass is 10.0. The topological polar surface area (TPSA) is 62.0 Å². The summed E-state index contributed by atoms with van der Waals surface area (Å²) in [5, 5.41) is 3.29. The van der Waals surface area contributed by atoms with Gasteiger partial charge in [-0.25, -0.2) is 4.39 Å². The highest BCUT2D eigenvalue weighted by Gasteiger charge is 2.19. The van der Waals surface area contributed by atoms with Crippen LogP contribution in [0, 0.1) is 12.7 Å². The van der Waals surface area contributed by atoms with Crippen molar-refractivity contribution < 1.29 is 14.0 Å². The maximum atomic E-state index is 14.1. The van der Waals surface area contributed by atoms with Gasteiger partial charge >= 0.3 is 0 Å². The molecule has 4 nitrogen and oxygen atoms in total. The molecule has 2 rings (SSSR count). The number of hydrogen-bond acceptors (Lipinski definition) is 2. The third-order valence-corrected chi connectivity index (χ3v) is 3.84. The maximum absolute atomic E-state index is 14.1. The number of ketones is 1. The third kappa shape index (κ3) is 3.18. The van der Waals surface area contributed by atoms with Crippen LogP contribution in [0.2, 0.25) is 0 Å². The lowest BCUT2D eigenvalue weighted by Crippen LogP contribution is -2.19. The van der Waals surface area contributed by atoms with E-state index >= 15 is 0 Å². The summed E-state index contributed by atoms with van der Waals surface area (Å²) >= 11 is 0. The first-order valence-corrected chi connectivity index (χ1v) is 7.52. The van der Waals surface area contributed by atoms with Crippen molar-refractivity contribution in [2.45, 2.75) is 39.5 Å². The first-order valence-electron chi connectivity index (χ1n) is 7.52. The van der Waals surface area contributed by atoms with E-state index in [1.54, 1.807) is 7.05 Å². The van der Waals surface area contributed by atoms with E-state index in [-0.39, 0.29) is 17.5 Å². The van der Waals surface area contributed by atoms with Gasteiger partial charge in [-0.1, -0.05) is 6.92 Å². The molecule has 0 saturated heterocycles. The van der Waals surface area contributed by atoms with Gasteiger partial charge in [-0.15, -0.1) is 0 Å².